The lowest BCUT2D eigenvalue weighted by atomic mass is 10.1. The Morgan fingerprint density at radius 2 is 0.700 bits per heavy atom. The Balaban J connectivity index is -0.00000113. The van der Waals surface area contributed by atoms with E-state index in [1.807, 2.05) is 0 Å². The van der Waals surface area contributed by atoms with Crippen molar-refractivity contribution in [1.29, 1.82) is 0 Å². The van der Waals surface area contributed by atoms with Crippen molar-refractivity contribution in [1.82, 2.24) is 5.32 Å². The number of ether oxygens (including phenoxy) is 2. The van der Waals surface area contributed by atoms with Crippen LogP contribution in [0, 0.1) is 0 Å². The van der Waals surface area contributed by atoms with Crippen LogP contribution in [0.25, 0.3) is 0 Å². The summed E-state index contributed by atoms with van der Waals surface area (Å²) in [4.78, 5) is 0. The van der Waals surface area contributed by atoms with Gasteiger partial charge in [-0.2, -0.15) is 0 Å². The van der Waals surface area contributed by atoms with Gasteiger partial charge in [-0.3, -0.25) is 14.1 Å². The summed E-state index contributed by atoms with van der Waals surface area (Å²) in [6, 6.07) is 0. The van der Waals surface area contributed by atoms with Crippen LogP contribution in [-0.4, -0.2) is 39.5 Å². The molecule has 0 aromatic rings. The van der Waals surface area contributed by atoms with Crippen LogP contribution < -0.4 is 5.32 Å². The Hall–Kier alpha value is -0.330. The van der Waals surface area contributed by atoms with Gasteiger partial charge in [-0.1, -0.05) is 104 Å². The van der Waals surface area contributed by atoms with Gasteiger partial charge in [0.2, 0.25) is 0 Å². The van der Waals surface area contributed by atoms with Crippen LogP contribution in [-0.2, 0) is 9.47 Å². The van der Waals surface area contributed by atoms with Gasteiger partial charge in [0.05, 0.1) is 13.2 Å². The fourth-order valence-corrected chi connectivity index (χ4v) is 3.29. The Bertz CT molecular complexity index is 239. The van der Waals surface area contributed by atoms with E-state index < -0.39 is 0 Å². The summed E-state index contributed by atoms with van der Waals surface area (Å²) in [6.45, 7) is 9.94. The quantitative estimate of drug-likeness (QED) is 0.158. The average Bonchev–Trinajstić information content (AvgIpc) is 2.68. The van der Waals surface area contributed by atoms with Crippen LogP contribution in [0.1, 0.15) is 117 Å². The highest BCUT2D eigenvalue weighted by Crippen LogP contribution is 2.09. The number of unbranched alkanes of at least 4 members (excludes halogenated alkanes) is 14. The Kier molecular flexibility index (Phi) is 44.5. The first-order valence-electron chi connectivity index (χ1n) is 12.3. The smallest absolute Gasteiger partial charge is 0.0590 e. The summed E-state index contributed by atoms with van der Waals surface area (Å²) in [5.41, 5.74) is 0. The maximum atomic E-state index is 5.68. The molecule has 1 N–H and O–H groups in total. The fraction of sp³-hybridized carbons (Fsp3) is 1.00. The second kappa shape index (κ2) is 36.1. The lowest BCUT2D eigenvalue weighted by molar-refractivity contribution is 0.117. The second-order valence-corrected chi connectivity index (χ2v) is 7.92. The first-order valence-corrected chi connectivity index (χ1v) is 12.3. The molecule has 0 saturated heterocycles. The molecule has 0 heterocycles. The lowest BCUT2D eigenvalue weighted by Crippen LogP contribution is -2.24. The highest BCUT2D eigenvalue weighted by atomic mass is 19.0. The minimum absolute atomic E-state index is 0. The molecule has 0 spiro atoms. The SMILES string of the molecule is CCCCCCCCCCOCCNCCOCCCCCCCCCC.F.F.F. The summed E-state index contributed by atoms with van der Waals surface area (Å²) in [6.07, 6.45) is 21.8. The van der Waals surface area contributed by atoms with Crippen LogP contribution in [0.3, 0.4) is 0 Å². The van der Waals surface area contributed by atoms with Gasteiger partial charge >= 0.3 is 0 Å². The van der Waals surface area contributed by atoms with Crippen LogP contribution in [0.4, 0.5) is 14.1 Å². The van der Waals surface area contributed by atoms with E-state index in [-0.39, 0.29) is 14.1 Å². The highest BCUT2D eigenvalue weighted by molar-refractivity contribution is 4.49. The maximum Gasteiger partial charge on any atom is 0.0590 e. The molecule has 0 rings (SSSR count). The third kappa shape index (κ3) is 35.1. The maximum absolute atomic E-state index is 5.68. The predicted octanol–water partition coefficient (Wildman–Crippen LogP) is 7.35. The zero-order chi connectivity index (χ0) is 19.7. The third-order valence-corrected chi connectivity index (χ3v) is 5.13. The minimum Gasteiger partial charge on any atom is -0.380 e. The molecule has 0 aromatic heterocycles. The standard InChI is InChI=1S/C24H51NO2.3FH/c1-3-5-7-9-11-13-15-17-21-26-23-19-25-20-24-27-22-18-16-14-12-10-8-6-4-2;;;/h25H,3-24H2,1-2H3;3*1H. The highest BCUT2D eigenvalue weighted by Gasteiger charge is 1.94. The number of nitrogens with one attached hydrogen (secondary N) is 1. The number of hydrogen-bond acceptors (Lipinski definition) is 3. The molecule has 0 bridgehead atoms. The molecular weight excluding hydrogens is 391 g/mol. The van der Waals surface area contributed by atoms with Gasteiger partial charge in [-0.25, -0.2) is 0 Å². The zero-order valence-electron chi connectivity index (χ0n) is 20.1. The van der Waals surface area contributed by atoms with E-state index in [1.54, 1.807) is 0 Å². The molecule has 0 fully saturated rings. The molecule has 6 heteroatoms. The van der Waals surface area contributed by atoms with Crippen molar-refractivity contribution in [2.45, 2.75) is 117 Å². The molecule has 0 saturated carbocycles. The third-order valence-electron chi connectivity index (χ3n) is 5.13. The Morgan fingerprint density at radius 3 is 1.03 bits per heavy atom. The molecule has 188 valence electrons. The molecule has 0 unspecified atom stereocenters. The monoisotopic (exact) mass is 445 g/mol. The van der Waals surface area contributed by atoms with E-state index in [1.165, 1.54) is 103 Å². The van der Waals surface area contributed by atoms with Crippen molar-refractivity contribution in [3.63, 3.8) is 0 Å². The van der Waals surface area contributed by atoms with Crippen LogP contribution in [0.5, 0.6) is 0 Å². The van der Waals surface area contributed by atoms with Gasteiger partial charge in [-0.05, 0) is 12.8 Å². The van der Waals surface area contributed by atoms with Crippen molar-refractivity contribution in [2.75, 3.05) is 39.5 Å². The van der Waals surface area contributed by atoms with E-state index in [0.29, 0.717) is 0 Å². The second-order valence-electron chi connectivity index (χ2n) is 7.92. The summed E-state index contributed by atoms with van der Waals surface area (Å²) >= 11 is 0. The Labute approximate surface area is 185 Å². The van der Waals surface area contributed by atoms with Gasteiger partial charge in [-0.15, -0.1) is 0 Å². The predicted molar refractivity (Wildman–Crippen MR) is 127 cm³/mol. The van der Waals surface area contributed by atoms with Crippen LogP contribution in [0.15, 0.2) is 0 Å². The molecule has 3 nitrogen and oxygen atoms in total. The number of halogens is 3. The summed E-state index contributed by atoms with van der Waals surface area (Å²) < 4.78 is 11.4. The molecule has 0 aliphatic carbocycles. The molecule has 0 radical (unpaired) electrons. The molecule has 0 atom stereocenters. The van der Waals surface area contributed by atoms with Gasteiger partial charge in [0, 0.05) is 26.3 Å². The Morgan fingerprint density at radius 1 is 0.400 bits per heavy atom. The van der Waals surface area contributed by atoms with E-state index in [2.05, 4.69) is 19.2 Å². The lowest BCUT2D eigenvalue weighted by Gasteiger charge is -2.07. The zero-order valence-corrected chi connectivity index (χ0v) is 20.1. The van der Waals surface area contributed by atoms with Gasteiger partial charge in [0.15, 0.2) is 0 Å². The van der Waals surface area contributed by atoms with Gasteiger partial charge in [0.25, 0.3) is 0 Å². The van der Waals surface area contributed by atoms with Crippen molar-refractivity contribution in [3.05, 3.63) is 0 Å². The molecule has 30 heavy (non-hydrogen) atoms. The molecule has 0 aliphatic heterocycles. The number of rotatable bonds is 24. The summed E-state index contributed by atoms with van der Waals surface area (Å²) in [5.74, 6) is 0. The van der Waals surface area contributed by atoms with Crippen molar-refractivity contribution < 1.29 is 23.6 Å². The van der Waals surface area contributed by atoms with E-state index in [4.69, 9.17) is 9.47 Å². The van der Waals surface area contributed by atoms with E-state index in [0.717, 1.165) is 39.5 Å². The molecule has 0 amide bonds. The van der Waals surface area contributed by atoms with Crippen molar-refractivity contribution >= 4 is 0 Å². The largest absolute Gasteiger partial charge is 0.380 e. The van der Waals surface area contributed by atoms with Crippen LogP contribution in [0.2, 0.25) is 0 Å². The fourth-order valence-electron chi connectivity index (χ4n) is 3.29. The normalized spacial score (nSPS) is 10.2. The minimum atomic E-state index is 0. The van der Waals surface area contributed by atoms with Crippen molar-refractivity contribution in [3.8, 4) is 0 Å². The first-order chi connectivity index (χ1) is 13.4. The average molecular weight is 446 g/mol. The van der Waals surface area contributed by atoms with Crippen molar-refractivity contribution in [2.24, 2.45) is 0 Å². The van der Waals surface area contributed by atoms with E-state index >= 15 is 0 Å². The topological polar surface area (TPSA) is 30.5 Å². The van der Waals surface area contributed by atoms with Crippen LogP contribution >= 0.6 is 0 Å². The van der Waals surface area contributed by atoms with E-state index in [9.17, 15) is 0 Å². The molecule has 0 aromatic carbocycles. The molecular formula is C24H54F3NO2. The summed E-state index contributed by atoms with van der Waals surface area (Å²) in [7, 11) is 0. The summed E-state index contributed by atoms with van der Waals surface area (Å²) in [5, 5.41) is 3.40. The van der Waals surface area contributed by atoms with Gasteiger partial charge in [0.1, 0.15) is 0 Å². The first kappa shape index (κ1) is 37.0. The number of hydrogen-bond donors (Lipinski definition) is 1. The van der Waals surface area contributed by atoms with Gasteiger partial charge < -0.3 is 14.8 Å². The molecule has 0 aliphatic rings.